The number of aliphatic hydroxyl groups is 1. The first-order chi connectivity index (χ1) is 17.6. The number of nitrogens with one attached hydrogen (secondary N) is 1. The topological polar surface area (TPSA) is 93.2 Å². The predicted octanol–water partition coefficient (Wildman–Crippen LogP) is 4.07. The molecule has 1 amide bonds. The van der Waals surface area contributed by atoms with Crippen molar-refractivity contribution in [1.82, 2.24) is 9.88 Å². The zero-order chi connectivity index (χ0) is 24.7. The van der Waals surface area contributed by atoms with Crippen LogP contribution in [-0.4, -0.2) is 65.0 Å². The van der Waals surface area contributed by atoms with Crippen LogP contribution in [0.5, 0.6) is 11.5 Å². The number of nitrogens with zero attached hydrogens (tertiary/aromatic N) is 2. The first-order valence-electron chi connectivity index (χ1n) is 12.3. The lowest BCUT2D eigenvalue weighted by molar-refractivity contribution is -0.156. The van der Waals surface area contributed by atoms with Crippen LogP contribution in [0.2, 0.25) is 0 Å². The average Bonchev–Trinajstić information content (AvgIpc) is 3.38. The number of thiazole rings is 1. The fourth-order valence-electron chi connectivity index (χ4n) is 4.81. The minimum Gasteiger partial charge on any atom is -0.457 e. The van der Waals surface area contributed by atoms with Gasteiger partial charge in [0.1, 0.15) is 11.5 Å². The number of hydrogen-bond donors (Lipinski definition) is 2. The van der Waals surface area contributed by atoms with Gasteiger partial charge in [-0.05, 0) is 42.7 Å². The van der Waals surface area contributed by atoms with Crippen LogP contribution in [-0.2, 0) is 20.8 Å². The molecule has 2 aromatic carbocycles. The summed E-state index contributed by atoms with van der Waals surface area (Å²) in [6.45, 7) is 1.85. The molecule has 5 rings (SSSR count). The van der Waals surface area contributed by atoms with E-state index in [2.05, 4.69) is 27.3 Å². The Hall–Kier alpha value is -2.82. The number of fused-ring (bicyclic) bond motifs is 1. The Labute approximate surface area is 214 Å². The lowest BCUT2D eigenvalue weighted by Gasteiger charge is -2.44. The molecule has 4 atom stereocenters. The molecule has 2 N–H and O–H groups in total. The van der Waals surface area contributed by atoms with E-state index in [0.29, 0.717) is 24.8 Å². The number of aromatic nitrogens is 1. The molecule has 36 heavy (non-hydrogen) atoms. The highest BCUT2D eigenvalue weighted by atomic mass is 32.1. The zero-order valence-corrected chi connectivity index (χ0v) is 20.8. The molecule has 2 saturated heterocycles. The number of amides is 1. The standard InChI is InChI=1S/C27H31N3O5S/c31-20-16-30(15-19-6-8-22(9-7-19)34-21-4-2-1-3-5-21)24-11-10-23(35-25(24)18-33-17-20)14-26(32)29-27-28-12-13-36-27/h1-9,12-13,20,23-25,31H,10-11,14-18H2,(H,28,29,32)/t20-,23+,24-,25+/m1/s1. The molecule has 0 radical (unpaired) electrons. The van der Waals surface area contributed by atoms with Gasteiger partial charge < -0.3 is 24.6 Å². The number of aliphatic hydroxyl groups excluding tert-OH is 1. The van der Waals surface area contributed by atoms with Crippen LogP contribution in [0.15, 0.2) is 66.2 Å². The summed E-state index contributed by atoms with van der Waals surface area (Å²) in [4.78, 5) is 18.8. The number of hydrogen-bond acceptors (Lipinski definition) is 8. The van der Waals surface area contributed by atoms with Gasteiger partial charge in [0.05, 0.1) is 37.9 Å². The van der Waals surface area contributed by atoms with Crippen molar-refractivity contribution in [1.29, 1.82) is 0 Å². The average molecular weight is 510 g/mol. The second kappa shape index (κ2) is 11.9. The number of carbonyl (C=O) groups is 1. The molecule has 0 aliphatic carbocycles. The van der Waals surface area contributed by atoms with Gasteiger partial charge in [-0.15, -0.1) is 11.3 Å². The molecule has 190 valence electrons. The lowest BCUT2D eigenvalue weighted by atomic mass is 9.94. The van der Waals surface area contributed by atoms with Crippen LogP contribution in [0, 0.1) is 0 Å². The second-order valence-electron chi connectivity index (χ2n) is 9.21. The van der Waals surface area contributed by atoms with Crippen molar-refractivity contribution >= 4 is 22.4 Å². The van der Waals surface area contributed by atoms with E-state index in [4.69, 9.17) is 14.2 Å². The number of anilines is 1. The third-order valence-electron chi connectivity index (χ3n) is 6.47. The van der Waals surface area contributed by atoms with Gasteiger partial charge >= 0.3 is 0 Å². The van der Waals surface area contributed by atoms with E-state index in [1.807, 2.05) is 47.8 Å². The first kappa shape index (κ1) is 24.9. The van der Waals surface area contributed by atoms with E-state index >= 15 is 0 Å². The van der Waals surface area contributed by atoms with Crippen molar-refractivity contribution in [3.8, 4) is 11.5 Å². The van der Waals surface area contributed by atoms with Crippen LogP contribution < -0.4 is 10.1 Å². The normalized spacial score (nSPS) is 24.8. The maximum atomic E-state index is 12.4. The van der Waals surface area contributed by atoms with Gasteiger partial charge in [-0.3, -0.25) is 9.69 Å². The summed E-state index contributed by atoms with van der Waals surface area (Å²) in [6, 6.07) is 17.9. The minimum atomic E-state index is -0.562. The van der Waals surface area contributed by atoms with Gasteiger partial charge in [0.2, 0.25) is 5.91 Å². The highest BCUT2D eigenvalue weighted by Crippen LogP contribution is 2.30. The number of rotatable bonds is 7. The summed E-state index contributed by atoms with van der Waals surface area (Å²) < 4.78 is 18.0. The van der Waals surface area contributed by atoms with Crippen molar-refractivity contribution in [3.05, 3.63) is 71.7 Å². The van der Waals surface area contributed by atoms with Crippen LogP contribution in [0.25, 0.3) is 0 Å². The molecule has 2 fully saturated rings. The highest BCUT2D eigenvalue weighted by Gasteiger charge is 2.38. The van der Waals surface area contributed by atoms with E-state index in [-0.39, 0.29) is 37.2 Å². The Morgan fingerprint density at radius 2 is 1.92 bits per heavy atom. The van der Waals surface area contributed by atoms with Gasteiger partial charge in [0.15, 0.2) is 5.13 Å². The highest BCUT2D eigenvalue weighted by molar-refractivity contribution is 7.13. The fraction of sp³-hybridized carbons (Fsp3) is 0.407. The summed E-state index contributed by atoms with van der Waals surface area (Å²) in [5.41, 5.74) is 1.13. The quantitative estimate of drug-likeness (QED) is 0.496. The largest absolute Gasteiger partial charge is 0.457 e. The summed E-state index contributed by atoms with van der Waals surface area (Å²) in [7, 11) is 0. The number of β-amino-alcohol motifs (C(OH)–C–C–N with tert-alkyl or cyclic N) is 1. The summed E-state index contributed by atoms with van der Waals surface area (Å²) in [6.07, 6.45) is 2.69. The molecule has 2 aliphatic rings. The van der Waals surface area contributed by atoms with Gasteiger partial charge in [-0.25, -0.2) is 4.98 Å². The number of benzene rings is 2. The second-order valence-corrected chi connectivity index (χ2v) is 10.1. The molecule has 1 aromatic heterocycles. The molecule has 8 nitrogen and oxygen atoms in total. The molecule has 0 bridgehead atoms. The van der Waals surface area contributed by atoms with Crippen LogP contribution in [0.3, 0.4) is 0 Å². The Morgan fingerprint density at radius 1 is 1.11 bits per heavy atom. The Morgan fingerprint density at radius 3 is 2.69 bits per heavy atom. The van der Waals surface area contributed by atoms with E-state index in [0.717, 1.165) is 29.9 Å². The van der Waals surface area contributed by atoms with Crippen molar-refractivity contribution in [2.24, 2.45) is 0 Å². The summed E-state index contributed by atoms with van der Waals surface area (Å²) in [5, 5.41) is 15.7. The molecular weight excluding hydrogens is 478 g/mol. The zero-order valence-electron chi connectivity index (χ0n) is 20.0. The van der Waals surface area contributed by atoms with E-state index in [1.165, 1.54) is 11.3 Å². The Balaban J connectivity index is 1.21. The maximum absolute atomic E-state index is 12.4. The Kier molecular flexibility index (Phi) is 8.25. The van der Waals surface area contributed by atoms with Crippen LogP contribution >= 0.6 is 11.3 Å². The van der Waals surface area contributed by atoms with Gasteiger partial charge in [0, 0.05) is 30.7 Å². The third kappa shape index (κ3) is 6.68. The van der Waals surface area contributed by atoms with Gasteiger partial charge in [-0.1, -0.05) is 30.3 Å². The first-order valence-corrected chi connectivity index (χ1v) is 13.2. The third-order valence-corrected chi connectivity index (χ3v) is 7.16. The number of ether oxygens (including phenoxy) is 3. The van der Waals surface area contributed by atoms with Crippen molar-refractivity contribution in [2.75, 3.05) is 25.1 Å². The van der Waals surface area contributed by atoms with Crippen molar-refractivity contribution < 1.29 is 24.1 Å². The number of para-hydroxylation sites is 1. The molecule has 9 heteroatoms. The molecule has 0 spiro atoms. The van der Waals surface area contributed by atoms with Crippen molar-refractivity contribution in [3.63, 3.8) is 0 Å². The van der Waals surface area contributed by atoms with Crippen LogP contribution in [0.4, 0.5) is 5.13 Å². The lowest BCUT2D eigenvalue weighted by Crippen LogP contribution is -2.55. The molecule has 3 heterocycles. The Bertz CT molecular complexity index is 1100. The SMILES string of the molecule is O=C(C[C@@H]1CC[C@@H]2[C@H](COC[C@H](O)CN2Cc2ccc(Oc3ccccc3)cc2)O1)Nc1nccs1. The summed E-state index contributed by atoms with van der Waals surface area (Å²) >= 11 is 1.40. The fourth-order valence-corrected chi connectivity index (χ4v) is 5.36. The molecule has 0 saturated carbocycles. The minimum absolute atomic E-state index is 0.0924. The number of carbonyl (C=O) groups excluding carboxylic acids is 1. The van der Waals surface area contributed by atoms with E-state index in [9.17, 15) is 9.90 Å². The monoisotopic (exact) mass is 509 g/mol. The molecule has 2 aliphatic heterocycles. The maximum Gasteiger partial charge on any atom is 0.228 e. The molecular formula is C27H31N3O5S. The summed E-state index contributed by atoms with van der Waals surface area (Å²) in [5.74, 6) is 1.49. The van der Waals surface area contributed by atoms with Crippen molar-refractivity contribution in [2.45, 2.75) is 50.2 Å². The van der Waals surface area contributed by atoms with Gasteiger partial charge in [0.25, 0.3) is 0 Å². The predicted molar refractivity (Wildman–Crippen MR) is 137 cm³/mol. The smallest absolute Gasteiger partial charge is 0.228 e. The van der Waals surface area contributed by atoms with Crippen LogP contribution in [0.1, 0.15) is 24.8 Å². The molecule has 3 aromatic rings. The molecule has 0 unspecified atom stereocenters. The van der Waals surface area contributed by atoms with E-state index in [1.54, 1.807) is 6.20 Å². The van der Waals surface area contributed by atoms with Gasteiger partial charge in [-0.2, -0.15) is 0 Å². The van der Waals surface area contributed by atoms with E-state index < -0.39 is 6.10 Å².